The summed E-state index contributed by atoms with van der Waals surface area (Å²) in [6.07, 6.45) is 1.90. The van der Waals surface area contributed by atoms with Gasteiger partial charge in [-0.1, -0.05) is 30.3 Å². The topological polar surface area (TPSA) is 77.2 Å². The average Bonchev–Trinajstić information content (AvgIpc) is 3.07. The first kappa shape index (κ1) is 16.8. The molecule has 27 heavy (non-hydrogen) atoms. The molecule has 0 saturated heterocycles. The van der Waals surface area contributed by atoms with E-state index in [1.807, 2.05) is 61.5 Å². The molecule has 1 amide bonds. The molecule has 2 aromatic heterocycles. The Kier molecular flexibility index (Phi) is 4.53. The van der Waals surface area contributed by atoms with Crippen LogP contribution in [0.5, 0.6) is 11.6 Å². The molecule has 134 valence electrons. The van der Waals surface area contributed by atoms with E-state index in [4.69, 9.17) is 9.15 Å². The highest BCUT2D eigenvalue weighted by Crippen LogP contribution is 2.23. The monoisotopic (exact) mass is 359 g/mol. The summed E-state index contributed by atoms with van der Waals surface area (Å²) in [7, 11) is 0. The molecule has 0 atom stereocenters. The van der Waals surface area contributed by atoms with E-state index in [2.05, 4.69) is 15.3 Å². The molecule has 0 aliphatic heterocycles. The van der Waals surface area contributed by atoms with Crippen molar-refractivity contribution >= 4 is 23.0 Å². The van der Waals surface area contributed by atoms with Crippen molar-refractivity contribution < 1.29 is 13.9 Å². The maximum atomic E-state index is 12.2. The fourth-order valence-electron chi connectivity index (χ4n) is 2.64. The second-order valence-electron chi connectivity index (χ2n) is 6.08. The minimum absolute atomic E-state index is 0.198. The molecule has 0 bridgehead atoms. The Balaban J connectivity index is 1.39. The lowest BCUT2D eigenvalue weighted by molar-refractivity contribution is -0.115. The Morgan fingerprint density at radius 1 is 1.07 bits per heavy atom. The Hall–Kier alpha value is -3.67. The Bertz CT molecular complexity index is 1050. The van der Waals surface area contributed by atoms with Crippen LogP contribution in [0, 0.1) is 6.92 Å². The highest BCUT2D eigenvalue weighted by atomic mass is 16.5. The Morgan fingerprint density at radius 2 is 1.89 bits per heavy atom. The normalized spacial score (nSPS) is 10.7. The Labute approximate surface area is 155 Å². The number of pyridine rings is 1. The van der Waals surface area contributed by atoms with Crippen molar-refractivity contribution in [3.63, 3.8) is 0 Å². The van der Waals surface area contributed by atoms with Crippen LogP contribution in [-0.2, 0) is 11.2 Å². The van der Waals surface area contributed by atoms with Crippen molar-refractivity contribution in [2.75, 3.05) is 5.32 Å². The molecule has 4 rings (SSSR count). The standard InChI is InChI=1S/C21H17N3O3/c1-14-5-4-12-22-20(14)26-16-10-8-15(9-11-16)13-19(25)24-21-23-17-6-2-3-7-18(17)27-21/h2-12H,13H2,1H3,(H,23,24,25). The van der Waals surface area contributed by atoms with E-state index < -0.39 is 0 Å². The van der Waals surface area contributed by atoms with Gasteiger partial charge < -0.3 is 9.15 Å². The van der Waals surface area contributed by atoms with Gasteiger partial charge >= 0.3 is 6.01 Å². The summed E-state index contributed by atoms with van der Waals surface area (Å²) in [6, 6.07) is 18.7. The summed E-state index contributed by atoms with van der Waals surface area (Å²) in [5, 5.41) is 2.68. The largest absolute Gasteiger partial charge is 0.439 e. The number of nitrogens with one attached hydrogen (secondary N) is 1. The van der Waals surface area contributed by atoms with Crippen molar-refractivity contribution in [2.24, 2.45) is 0 Å². The van der Waals surface area contributed by atoms with Crippen molar-refractivity contribution in [3.8, 4) is 11.6 Å². The van der Waals surface area contributed by atoms with Crippen LogP contribution in [-0.4, -0.2) is 15.9 Å². The zero-order chi connectivity index (χ0) is 18.6. The Morgan fingerprint density at radius 3 is 2.67 bits per heavy atom. The number of hydrogen-bond donors (Lipinski definition) is 1. The maximum absolute atomic E-state index is 12.2. The van der Waals surface area contributed by atoms with Gasteiger partial charge in [-0.2, -0.15) is 4.98 Å². The summed E-state index contributed by atoms with van der Waals surface area (Å²) >= 11 is 0. The molecule has 6 nitrogen and oxygen atoms in total. The molecule has 1 N–H and O–H groups in total. The smallest absolute Gasteiger partial charge is 0.302 e. The first-order chi connectivity index (χ1) is 13.2. The molecule has 6 heteroatoms. The number of benzene rings is 2. The van der Waals surface area contributed by atoms with Crippen LogP contribution in [0.3, 0.4) is 0 Å². The first-order valence-electron chi connectivity index (χ1n) is 8.51. The molecule has 4 aromatic rings. The van der Waals surface area contributed by atoms with Gasteiger partial charge in [0.2, 0.25) is 11.8 Å². The van der Waals surface area contributed by atoms with E-state index in [1.165, 1.54) is 0 Å². The summed E-state index contributed by atoms with van der Waals surface area (Å²) in [5.41, 5.74) is 3.16. The van der Waals surface area contributed by atoms with Crippen molar-refractivity contribution in [1.82, 2.24) is 9.97 Å². The molecule has 0 spiro atoms. The van der Waals surface area contributed by atoms with Gasteiger partial charge in [-0.3, -0.25) is 10.1 Å². The average molecular weight is 359 g/mol. The predicted octanol–water partition coefficient (Wildman–Crippen LogP) is 4.50. The summed E-state index contributed by atoms with van der Waals surface area (Å²) in [5.74, 6) is 1.04. The zero-order valence-corrected chi connectivity index (χ0v) is 14.7. The quantitative estimate of drug-likeness (QED) is 0.567. The number of aromatic nitrogens is 2. The minimum Gasteiger partial charge on any atom is -0.439 e. The number of anilines is 1. The third kappa shape index (κ3) is 3.95. The SMILES string of the molecule is Cc1cccnc1Oc1ccc(CC(=O)Nc2nc3ccccc3o2)cc1. The summed E-state index contributed by atoms with van der Waals surface area (Å²) in [4.78, 5) is 20.7. The fourth-order valence-corrected chi connectivity index (χ4v) is 2.64. The number of nitrogens with zero attached hydrogens (tertiary/aromatic N) is 2. The van der Waals surface area contributed by atoms with Crippen molar-refractivity contribution in [1.29, 1.82) is 0 Å². The van der Waals surface area contributed by atoms with Gasteiger partial charge in [0.1, 0.15) is 11.3 Å². The zero-order valence-electron chi connectivity index (χ0n) is 14.7. The second kappa shape index (κ2) is 7.29. The molecule has 2 heterocycles. The maximum Gasteiger partial charge on any atom is 0.302 e. The summed E-state index contributed by atoms with van der Waals surface area (Å²) in [6.45, 7) is 1.94. The highest BCUT2D eigenvalue weighted by molar-refractivity contribution is 5.91. The second-order valence-corrected chi connectivity index (χ2v) is 6.08. The van der Waals surface area contributed by atoms with E-state index in [0.717, 1.165) is 11.1 Å². The van der Waals surface area contributed by atoms with Gasteiger partial charge in [0, 0.05) is 11.8 Å². The molecule has 0 aliphatic rings. The van der Waals surface area contributed by atoms with Crippen LogP contribution in [0.1, 0.15) is 11.1 Å². The van der Waals surface area contributed by atoms with E-state index in [9.17, 15) is 4.79 Å². The van der Waals surface area contributed by atoms with E-state index >= 15 is 0 Å². The number of ether oxygens (including phenoxy) is 1. The molecule has 0 aliphatic carbocycles. The summed E-state index contributed by atoms with van der Waals surface area (Å²) < 4.78 is 11.3. The van der Waals surface area contributed by atoms with Gasteiger partial charge in [0.15, 0.2) is 5.58 Å². The van der Waals surface area contributed by atoms with Gasteiger partial charge in [-0.05, 0) is 42.8 Å². The third-order valence-electron chi connectivity index (χ3n) is 4.00. The van der Waals surface area contributed by atoms with Gasteiger partial charge in [-0.25, -0.2) is 4.98 Å². The van der Waals surface area contributed by atoms with Crippen molar-refractivity contribution in [3.05, 3.63) is 78.0 Å². The van der Waals surface area contributed by atoms with Gasteiger partial charge in [0.05, 0.1) is 6.42 Å². The number of fused-ring (bicyclic) bond motifs is 1. The van der Waals surface area contributed by atoms with Crippen molar-refractivity contribution in [2.45, 2.75) is 13.3 Å². The number of aryl methyl sites for hydroxylation is 1. The molecule has 0 fully saturated rings. The fraction of sp³-hybridized carbons (Fsp3) is 0.0952. The molecular formula is C21H17N3O3. The van der Waals surface area contributed by atoms with E-state index in [0.29, 0.717) is 22.7 Å². The van der Waals surface area contributed by atoms with Crippen LogP contribution in [0.25, 0.3) is 11.1 Å². The van der Waals surface area contributed by atoms with Crippen LogP contribution in [0.15, 0.2) is 71.3 Å². The lowest BCUT2D eigenvalue weighted by Gasteiger charge is -2.08. The molecule has 0 saturated carbocycles. The van der Waals surface area contributed by atoms with Crippen LogP contribution < -0.4 is 10.1 Å². The van der Waals surface area contributed by atoms with E-state index in [-0.39, 0.29) is 18.3 Å². The number of oxazole rings is 1. The van der Waals surface area contributed by atoms with E-state index in [1.54, 1.807) is 12.3 Å². The molecule has 0 unspecified atom stereocenters. The lowest BCUT2D eigenvalue weighted by atomic mass is 10.1. The van der Waals surface area contributed by atoms with Crippen LogP contribution in [0.2, 0.25) is 0 Å². The first-order valence-corrected chi connectivity index (χ1v) is 8.51. The third-order valence-corrected chi connectivity index (χ3v) is 4.00. The van der Waals surface area contributed by atoms with Crippen LogP contribution in [0.4, 0.5) is 6.01 Å². The van der Waals surface area contributed by atoms with Gasteiger partial charge in [-0.15, -0.1) is 0 Å². The highest BCUT2D eigenvalue weighted by Gasteiger charge is 2.10. The number of hydrogen-bond acceptors (Lipinski definition) is 5. The van der Waals surface area contributed by atoms with Crippen LogP contribution >= 0.6 is 0 Å². The minimum atomic E-state index is -0.198. The predicted molar refractivity (Wildman–Crippen MR) is 102 cm³/mol. The molecular weight excluding hydrogens is 342 g/mol. The number of carbonyl (C=O) groups is 1. The van der Waals surface area contributed by atoms with Gasteiger partial charge in [0.25, 0.3) is 0 Å². The molecule has 2 aromatic carbocycles. The number of amides is 1. The molecule has 0 radical (unpaired) electrons. The number of rotatable bonds is 5. The number of carbonyl (C=O) groups excluding carboxylic acids is 1. The lowest BCUT2D eigenvalue weighted by Crippen LogP contribution is -2.14. The number of para-hydroxylation sites is 2.